The summed E-state index contributed by atoms with van der Waals surface area (Å²) in [5.74, 6) is -0.240. The van der Waals surface area contributed by atoms with E-state index in [2.05, 4.69) is 9.97 Å². The number of pyridine rings is 2. The van der Waals surface area contributed by atoms with Crippen LogP contribution in [0.4, 0.5) is 26.3 Å². The molecular weight excluding hydrogens is 626 g/mol. The van der Waals surface area contributed by atoms with E-state index in [9.17, 15) is 35.9 Å². The van der Waals surface area contributed by atoms with Crippen molar-refractivity contribution in [2.24, 2.45) is 0 Å². The molecule has 0 unspecified atom stereocenters. The molecule has 0 aliphatic carbocycles. The molecule has 0 saturated heterocycles. The summed E-state index contributed by atoms with van der Waals surface area (Å²) in [6, 6.07) is 10.2. The van der Waals surface area contributed by atoms with Crippen molar-refractivity contribution in [1.82, 2.24) is 9.97 Å². The maximum Gasteiger partial charge on any atom is 0.416 e. The number of aryl methyl sites for hydroxylation is 2. The van der Waals surface area contributed by atoms with E-state index < -0.39 is 46.6 Å². The number of aromatic nitrogens is 2. The second kappa shape index (κ2) is 16.5. The molecule has 16 heteroatoms. The number of hydrogen-bond acceptors (Lipinski definition) is 8. The molecule has 0 saturated carbocycles. The van der Waals surface area contributed by atoms with Gasteiger partial charge in [-0.15, -0.1) is 0 Å². The minimum atomic E-state index is -4.41. The normalized spacial score (nSPS) is 10.7. The lowest BCUT2D eigenvalue weighted by Gasteiger charge is -2.10. The van der Waals surface area contributed by atoms with Crippen LogP contribution in [0.25, 0.3) is 21.8 Å². The monoisotopic (exact) mass is 648 g/mol. The van der Waals surface area contributed by atoms with Crippen LogP contribution >= 0.6 is 0 Å². The third-order valence-corrected chi connectivity index (χ3v) is 5.69. The second-order valence-corrected chi connectivity index (χ2v) is 8.63. The highest BCUT2D eigenvalue weighted by Gasteiger charge is 2.31. The van der Waals surface area contributed by atoms with Crippen LogP contribution in [0.1, 0.15) is 64.0 Å². The summed E-state index contributed by atoms with van der Waals surface area (Å²) in [4.78, 5) is 30.3. The average molecular weight is 649 g/mol. The lowest BCUT2D eigenvalue weighted by Crippen LogP contribution is -2.06. The summed E-state index contributed by atoms with van der Waals surface area (Å²) in [5.41, 5.74) is 0.784. The van der Waals surface area contributed by atoms with Gasteiger partial charge in [0.25, 0.3) is 0 Å². The molecule has 4 aromatic rings. The summed E-state index contributed by atoms with van der Waals surface area (Å²) < 4.78 is 109. The highest BCUT2D eigenvalue weighted by Crippen LogP contribution is 2.32. The molecule has 0 spiro atoms. The van der Waals surface area contributed by atoms with E-state index >= 15 is 0 Å². The average Bonchev–Trinajstić information content (AvgIpc) is 2.95. The number of alkyl halides is 6. The lowest BCUT2D eigenvalue weighted by atomic mass is 10.0. The fourth-order valence-electron chi connectivity index (χ4n) is 3.75. The number of carbonyl (C=O) groups is 2. The second-order valence-electron chi connectivity index (χ2n) is 8.36. The SMILES string of the molecule is CCc1cc2ccc(C(F)(F)F)cc2nc1C(C)=O.CCc1cc2ccc(C(F)(F)F)cc2nc1C=O.O=S=O.O=S=O. The first kappa shape index (κ1) is 36.8. The lowest BCUT2D eigenvalue weighted by molar-refractivity contribution is -0.138. The maximum absolute atomic E-state index is 12.6. The fourth-order valence-corrected chi connectivity index (χ4v) is 3.75. The molecule has 2 aromatic heterocycles. The number of nitrogens with zero attached hydrogens (tertiary/aromatic N) is 2. The summed E-state index contributed by atoms with van der Waals surface area (Å²) in [5, 5.41) is 1.21. The Morgan fingerprint density at radius 1 is 0.721 bits per heavy atom. The molecule has 0 bridgehead atoms. The van der Waals surface area contributed by atoms with Crippen molar-refractivity contribution >= 4 is 57.0 Å². The van der Waals surface area contributed by atoms with Gasteiger partial charge in [-0.25, -0.2) is 9.97 Å². The maximum atomic E-state index is 12.6. The number of halogens is 6. The Morgan fingerprint density at radius 3 is 1.47 bits per heavy atom. The van der Waals surface area contributed by atoms with Gasteiger partial charge in [-0.3, -0.25) is 9.59 Å². The van der Waals surface area contributed by atoms with Gasteiger partial charge in [0.2, 0.25) is 0 Å². The van der Waals surface area contributed by atoms with Gasteiger partial charge >= 0.3 is 35.5 Å². The van der Waals surface area contributed by atoms with E-state index in [1.165, 1.54) is 19.1 Å². The van der Waals surface area contributed by atoms with Crippen molar-refractivity contribution in [3.8, 4) is 0 Å². The Hall–Kier alpha value is -4.18. The Labute approximate surface area is 247 Å². The summed E-state index contributed by atoms with van der Waals surface area (Å²) in [6.07, 6.45) is -7.02. The van der Waals surface area contributed by atoms with Gasteiger partial charge in [0.05, 0.1) is 22.2 Å². The summed E-state index contributed by atoms with van der Waals surface area (Å²) >= 11 is -1.50. The Bertz CT molecular complexity index is 1670. The first-order valence-electron chi connectivity index (χ1n) is 11.9. The van der Waals surface area contributed by atoms with E-state index in [4.69, 9.17) is 16.8 Å². The standard InChI is InChI=1S/C14H12F3NO.C13H10F3NO.2O2S/c1-3-9-6-10-4-5-11(14(15,16)17)7-12(10)18-13(9)8(2)19;1-2-8-5-9-3-4-10(13(14,15)16)6-11(9)17-12(8)7-18;2*1-3-2/h4-7H,3H2,1-2H3;3-7H,2H2,1H3;;. The van der Waals surface area contributed by atoms with Crippen molar-refractivity contribution in [1.29, 1.82) is 0 Å². The number of hydrogen-bond donors (Lipinski definition) is 0. The fraction of sp³-hybridized carbons (Fsp3) is 0.259. The predicted molar refractivity (Wildman–Crippen MR) is 145 cm³/mol. The van der Waals surface area contributed by atoms with Crippen LogP contribution in [0, 0.1) is 0 Å². The van der Waals surface area contributed by atoms with E-state index in [1.54, 1.807) is 12.1 Å². The smallest absolute Gasteiger partial charge is 0.296 e. The van der Waals surface area contributed by atoms with Crippen LogP contribution in [0.2, 0.25) is 0 Å². The minimum absolute atomic E-state index is 0.184. The predicted octanol–water partition coefficient (Wildman–Crippen LogP) is 6.31. The van der Waals surface area contributed by atoms with Crippen LogP contribution in [0.5, 0.6) is 0 Å². The highest BCUT2D eigenvalue weighted by molar-refractivity contribution is 7.51. The zero-order valence-corrected chi connectivity index (χ0v) is 24.2. The number of ketones is 1. The van der Waals surface area contributed by atoms with Gasteiger partial charge in [-0.1, -0.05) is 26.0 Å². The number of benzene rings is 2. The largest absolute Gasteiger partial charge is 0.416 e. The van der Waals surface area contributed by atoms with Crippen molar-refractivity contribution in [2.75, 3.05) is 0 Å². The zero-order valence-electron chi connectivity index (χ0n) is 22.5. The van der Waals surface area contributed by atoms with Crippen LogP contribution in [0.3, 0.4) is 0 Å². The molecular formula is C27H22F6N2O6S2. The third-order valence-electron chi connectivity index (χ3n) is 5.69. The third kappa shape index (κ3) is 10.6. The van der Waals surface area contributed by atoms with E-state index in [0.717, 1.165) is 35.4 Å². The van der Waals surface area contributed by atoms with Crippen LogP contribution in [-0.4, -0.2) is 38.9 Å². The first-order valence-corrected chi connectivity index (χ1v) is 13.3. The summed E-state index contributed by atoms with van der Waals surface area (Å²) in [6.45, 7) is 5.10. The summed E-state index contributed by atoms with van der Waals surface area (Å²) in [7, 11) is 0. The van der Waals surface area contributed by atoms with E-state index in [1.807, 2.05) is 13.8 Å². The van der Waals surface area contributed by atoms with E-state index in [-0.39, 0.29) is 28.2 Å². The van der Waals surface area contributed by atoms with Gasteiger partial charge in [0.1, 0.15) is 11.4 Å². The number of rotatable bonds is 4. The minimum Gasteiger partial charge on any atom is -0.296 e. The van der Waals surface area contributed by atoms with Crippen molar-refractivity contribution in [3.05, 3.63) is 82.2 Å². The molecule has 0 fully saturated rings. The molecule has 0 atom stereocenters. The molecule has 8 nitrogen and oxygen atoms in total. The number of fused-ring (bicyclic) bond motifs is 2. The molecule has 0 N–H and O–H groups in total. The van der Waals surface area contributed by atoms with Crippen molar-refractivity contribution in [3.63, 3.8) is 0 Å². The quantitative estimate of drug-likeness (QED) is 0.143. The Kier molecular flexibility index (Phi) is 14.1. The zero-order chi connectivity index (χ0) is 33.0. The van der Waals surface area contributed by atoms with Crippen molar-refractivity contribution < 1.29 is 52.8 Å². The Balaban J connectivity index is 0.000000364. The molecule has 43 heavy (non-hydrogen) atoms. The molecule has 0 aliphatic heterocycles. The molecule has 0 aliphatic rings. The molecule has 230 valence electrons. The van der Waals surface area contributed by atoms with Crippen LogP contribution in [-0.2, 0) is 48.3 Å². The van der Waals surface area contributed by atoms with Gasteiger partial charge in [0.15, 0.2) is 12.1 Å². The molecule has 2 heterocycles. The first-order chi connectivity index (χ1) is 20.1. The number of aldehydes is 1. The van der Waals surface area contributed by atoms with Crippen LogP contribution in [0.15, 0.2) is 48.5 Å². The topological polar surface area (TPSA) is 128 Å². The van der Waals surface area contributed by atoms with Gasteiger partial charge in [-0.05, 0) is 60.4 Å². The number of carbonyl (C=O) groups excluding carboxylic acids is 2. The highest BCUT2D eigenvalue weighted by atomic mass is 32.1. The van der Waals surface area contributed by atoms with Gasteiger partial charge < -0.3 is 0 Å². The molecule has 0 amide bonds. The number of Topliss-reactive ketones (excluding diaryl/α,β-unsaturated/α-hetero) is 1. The molecule has 4 rings (SSSR count). The van der Waals surface area contributed by atoms with Gasteiger partial charge in [-0.2, -0.15) is 43.2 Å². The Morgan fingerprint density at radius 2 is 1.12 bits per heavy atom. The molecule has 0 radical (unpaired) electrons. The molecule has 2 aromatic carbocycles. The van der Waals surface area contributed by atoms with Gasteiger partial charge in [0, 0.05) is 17.7 Å². The van der Waals surface area contributed by atoms with E-state index in [0.29, 0.717) is 29.9 Å². The van der Waals surface area contributed by atoms with Crippen molar-refractivity contribution in [2.45, 2.75) is 46.0 Å². The van der Waals surface area contributed by atoms with Crippen LogP contribution < -0.4 is 0 Å².